The molecule has 0 heterocycles. The predicted octanol–water partition coefficient (Wildman–Crippen LogP) is 1.46. The van der Waals surface area contributed by atoms with Crippen LogP contribution in [0.4, 0.5) is 9.59 Å². The van der Waals surface area contributed by atoms with E-state index in [1.54, 1.807) is 41.5 Å². The second-order valence-electron chi connectivity index (χ2n) is 6.68. The molecule has 0 aliphatic rings. The van der Waals surface area contributed by atoms with E-state index in [0.29, 0.717) is 0 Å². The highest BCUT2D eigenvalue weighted by Crippen LogP contribution is 2.21. The number of rotatable bonds is 2. The van der Waals surface area contributed by atoms with E-state index in [1.807, 2.05) is 0 Å². The van der Waals surface area contributed by atoms with Crippen LogP contribution in [0.1, 0.15) is 41.5 Å². The Bertz CT molecular complexity index is 393. The first-order valence-electron chi connectivity index (χ1n) is 6.32. The number of carbonyl (C=O) groups excluding carboxylic acids is 3. The third kappa shape index (κ3) is 5.90. The number of nitrogens with one attached hydrogen (secondary N) is 1. The molecule has 4 amide bonds. The van der Waals surface area contributed by atoms with Crippen LogP contribution in [-0.4, -0.2) is 41.6 Å². The lowest BCUT2D eigenvalue weighted by molar-refractivity contribution is -0.131. The van der Waals surface area contributed by atoms with E-state index in [1.165, 1.54) is 7.05 Å². The zero-order valence-electron chi connectivity index (χ0n) is 13.2. The Morgan fingerprint density at radius 1 is 1.10 bits per heavy atom. The summed E-state index contributed by atoms with van der Waals surface area (Å²) in [6, 6.07) is -1.80. The number of alkyl carbamates (subject to hydrolysis) is 1. The molecule has 20 heavy (non-hydrogen) atoms. The van der Waals surface area contributed by atoms with Gasteiger partial charge in [0.25, 0.3) is 5.91 Å². The number of amides is 4. The smallest absolute Gasteiger partial charge is 0.408 e. The van der Waals surface area contributed by atoms with Crippen molar-refractivity contribution < 1.29 is 19.1 Å². The molecule has 7 heteroatoms. The van der Waals surface area contributed by atoms with Crippen molar-refractivity contribution in [3.8, 4) is 0 Å². The van der Waals surface area contributed by atoms with Crippen LogP contribution in [0.2, 0.25) is 0 Å². The van der Waals surface area contributed by atoms with Crippen LogP contribution in [0.5, 0.6) is 0 Å². The van der Waals surface area contributed by atoms with Gasteiger partial charge in [-0.3, -0.25) is 9.69 Å². The van der Waals surface area contributed by atoms with Gasteiger partial charge in [-0.25, -0.2) is 9.59 Å². The number of primary amides is 1. The van der Waals surface area contributed by atoms with Crippen molar-refractivity contribution in [3.05, 3.63) is 0 Å². The maximum absolute atomic E-state index is 12.2. The van der Waals surface area contributed by atoms with Gasteiger partial charge in [0.05, 0.1) is 0 Å². The maximum atomic E-state index is 12.2. The topological polar surface area (TPSA) is 102 Å². The van der Waals surface area contributed by atoms with Crippen molar-refractivity contribution in [3.63, 3.8) is 0 Å². The summed E-state index contributed by atoms with van der Waals surface area (Å²) in [5.74, 6) is -0.587. The Hall–Kier alpha value is -1.79. The van der Waals surface area contributed by atoms with Gasteiger partial charge in [0.1, 0.15) is 11.6 Å². The van der Waals surface area contributed by atoms with Crippen LogP contribution in [0.3, 0.4) is 0 Å². The number of ether oxygens (including phenoxy) is 1. The SMILES string of the molecule is CN(C(N)=O)C(=O)[C@@H](NC(=O)OC(C)(C)C)C(C)(C)C. The Balaban J connectivity index is 5.07. The van der Waals surface area contributed by atoms with Crippen molar-refractivity contribution >= 4 is 18.0 Å². The predicted molar refractivity (Wildman–Crippen MR) is 75.0 cm³/mol. The maximum Gasteiger partial charge on any atom is 0.408 e. The monoisotopic (exact) mass is 287 g/mol. The average molecular weight is 287 g/mol. The van der Waals surface area contributed by atoms with E-state index >= 15 is 0 Å². The van der Waals surface area contributed by atoms with Crippen LogP contribution in [0.25, 0.3) is 0 Å². The minimum absolute atomic E-state index is 0.587. The summed E-state index contributed by atoms with van der Waals surface area (Å²) in [7, 11) is 1.26. The largest absolute Gasteiger partial charge is 0.444 e. The second-order valence-corrected chi connectivity index (χ2v) is 6.68. The van der Waals surface area contributed by atoms with E-state index in [0.717, 1.165) is 4.90 Å². The molecular formula is C13H25N3O4. The van der Waals surface area contributed by atoms with Crippen LogP contribution < -0.4 is 11.1 Å². The fourth-order valence-corrected chi connectivity index (χ4v) is 1.38. The lowest BCUT2D eigenvalue weighted by Crippen LogP contribution is -2.56. The summed E-state index contributed by atoms with van der Waals surface area (Å²) in [6.45, 7) is 10.5. The van der Waals surface area contributed by atoms with Crippen molar-refractivity contribution in [2.45, 2.75) is 53.2 Å². The number of hydrogen-bond acceptors (Lipinski definition) is 4. The van der Waals surface area contributed by atoms with Gasteiger partial charge in [-0.1, -0.05) is 20.8 Å². The Labute approximate surface area is 119 Å². The van der Waals surface area contributed by atoms with Gasteiger partial charge < -0.3 is 15.8 Å². The highest BCUT2D eigenvalue weighted by atomic mass is 16.6. The zero-order valence-corrected chi connectivity index (χ0v) is 13.2. The molecule has 0 bridgehead atoms. The first kappa shape index (κ1) is 18.2. The molecule has 3 N–H and O–H groups in total. The minimum atomic E-state index is -0.921. The van der Waals surface area contributed by atoms with Gasteiger partial charge in [-0.15, -0.1) is 0 Å². The molecule has 0 aliphatic carbocycles. The number of urea groups is 1. The second kappa shape index (κ2) is 6.11. The molecule has 7 nitrogen and oxygen atoms in total. The number of nitrogens with two attached hydrogens (primary N) is 1. The van der Waals surface area contributed by atoms with Crippen molar-refractivity contribution in [1.29, 1.82) is 0 Å². The third-order valence-electron chi connectivity index (χ3n) is 2.44. The third-order valence-corrected chi connectivity index (χ3v) is 2.44. The number of imide groups is 1. The first-order valence-corrected chi connectivity index (χ1v) is 6.32. The molecule has 0 aromatic heterocycles. The van der Waals surface area contributed by atoms with Crippen molar-refractivity contribution in [2.24, 2.45) is 11.1 Å². The van der Waals surface area contributed by atoms with Crippen molar-refractivity contribution in [1.82, 2.24) is 10.2 Å². The van der Waals surface area contributed by atoms with Gasteiger partial charge in [0.15, 0.2) is 0 Å². The van der Waals surface area contributed by atoms with Crippen molar-refractivity contribution in [2.75, 3.05) is 7.05 Å². The Morgan fingerprint density at radius 3 is 1.85 bits per heavy atom. The number of nitrogens with zero attached hydrogens (tertiary/aromatic N) is 1. The van der Waals surface area contributed by atoms with Gasteiger partial charge in [0.2, 0.25) is 0 Å². The summed E-state index contributed by atoms with van der Waals surface area (Å²) in [5.41, 5.74) is 3.80. The van der Waals surface area contributed by atoms with E-state index in [-0.39, 0.29) is 0 Å². The molecule has 1 atom stereocenters. The Kier molecular flexibility index (Phi) is 5.56. The highest BCUT2D eigenvalue weighted by molar-refractivity contribution is 5.97. The number of likely N-dealkylation sites (N-methyl/N-ethyl adjacent to an activating group) is 1. The van der Waals surface area contributed by atoms with Gasteiger partial charge in [-0.2, -0.15) is 0 Å². The molecule has 0 fully saturated rings. The highest BCUT2D eigenvalue weighted by Gasteiger charge is 2.37. The molecule has 0 radical (unpaired) electrons. The zero-order chi connectivity index (χ0) is 16.3. The molecule has 0 aliphatic heterocycles. The van der Waals surface area contributed by atoms with Gasteiger partial charge in [-0.05, 0) is 26.2 Å². The van der Waals surface area contributed by atoms with Crippen LogP contribution in [0.15, 0.2) is 0 Å². The normalized spacial score (nSPS) is 13.3. The molecule has 0 rings (SSSR count). The van der Waals surface area contributed by atoms with Gasteiger partial charge >= 0.3 is 12.1 Å². The molecule has 116 valence electrons. The van der Waals surface area contributed by atoms with E-state index in [9.17, 15) is 14.4 Å². The lowest BCUT2D eigenvalue weighted by Gasteiger charge is -2.33. The summed E-state index contributed by atoms with van der Waals surface area (Å²) in [6.07, 6.45) is -0.719. The summed E-state index contributed by atoms with van der Waals surface area (Å²) < 4.78 is 5.12. The standard InChI is InChI=1S/C13H25N3O4/c1-12(2,3)8(9(17)16(7)10(14)18)15-11(19)20-13(4,5)6/h8H,1-7H3,(H2,14,18)(H,15,19)/t8-/m1/s1. The average Bonchev–Trinajstić information content (AvgIpc) is 2.19. The lowest BCUT2D eigenvalue weighted by atomic mass is 9.86. The van der Waals surface area contributed by atoms with Crippen LogP contribution >= 0.6 is 0 Å². The summed E-state index contributed by atoms with van der Waals surface area (Å²) >= 11 is 0. The molecule has 0 spiro atoms. The summed E-state index contributed by atoms with van der Waals surface area (Å²) in [4.78, 5) is 35.8. The van der Waals surface area contributed by atoms with Crippen LogP contribution in [-0.2, 0) is 9.53 Å². The fourth-order valence-electron chi connectivity index (χ4n) is 1.38. The molecule has 0 saturated heterocycles. The van der Waals surface area contributed by atoms with Gasteiger partial charge in [0, 0.05) is 7.05 Å². The van der Waals surface area contributed by atoms with E-state index in [4.69, 9.17) is 10.5 Å². The number of carbonyl (C=O) groups is 3. The number of hydrogen-bond donors (Lipinski definition) is 2. The molecule has 0 saturated carbocycles. The fraction of sp³-hybridized carbons (Fsp3) is 0.769. The minimum Gasteiger partial charge on any atom is -0.444 e. The van der Waals surface area contributed by atoms with Crippen LogP contribution in [0, 0.1) is 5.41 Å². The molecule has 0 aromatic carbocycles. The molecular weight excluding hydrogens is 262 g/mol. The van der Waals surface area contributed by atoms with E-state index < -0.39 is 35.1 Å². The van der Waals surface area contributed by atoms with E-state index in [2.05, 4.69) is 5.32 Å². The quantitative estimate of drug-likeness (QED) is 0.802. The Morgan fingerprint density at radius 2 is 1.55 bits per heavy atom. The molecule has 0 unspecified atom stereocenters. The first-order chi connectivity index (χ1) is 8.75. The summed E-state index contributed by atoms with van der Waals surface area (Å²) in [5, 5.41) is 2.49. The molecule has 0 aromatic rings.